The zero-order valence-corrected chi connectivity index (χ0v) is 9.31. The summed E-state index contributed by atoms with van der Waals surface area (Å²) in [6.45, 7) is 0. The summed E-state index contributed by atoms with van der Waals surface area (Å²) in [6, 6.07) is 8.38. The molecule has 0 aliphatic carbocycles. The summed E-state index contributed by atoms with van der Waals surface area (Å²) in [5, 5.41) is 10.00. The minimum absolute atomic E-state index is 0.377. The van der Waals surface area contributed by atoms with Crippen molar-refractivity contribution < 1.29 is 5.11 Å². The van der Waals surface area contributed by atoms with E-state index in [1.165, 1.54) is 0 Å². The number of aliphatic hydroxyl groups is 1. The standard InChI is InChI=1S/C10H7Cl3O/c1-2-9(14,10(11,12)13)8-6-4-3-5-7-8/h1,3-7,14H. The molecule has 0 bridgehead atoms. The van der Waals surface area contributed by atoms with Crippen molar-refractivity contribution in [1.29, 1.82) is 0 Å². The van der Waals surface area contributed by atoms with Gasteiger partial charge in [0.1, 0.15) is 0 Å². The van der Waals surface area contributed by atoms with Gasteiger partial charge in [-0.3, -0.25) is 0 Å². The van der Waals surface area contributed by atoms with Crippen molar-refractivity contribution in [3.8, 4) is 12.3 Å². The molecule has 1 rings (SSSR count). The lowest BCUT2D eigenvalue weighted by Crippen LogP contribution is -2.38. The van der Waals surface area contributed by atoms with E-state index in [0.29, 0.717) is 5.56 Å². The Morgan fingerprint density at radius 1 is 1.14 bits per heavy atom. The van der Waals surface area contributed by atoms with Crippen LogP contribution in [0.4, 0.5) is 0 Å². The fourth-order valence-corrected chi connectivity index (χ4v) is 1.50. The Labute approximate surface area is 97.6 Å². The predicted octanol–water partition coefficient (Wildman–Crippen LogP) is 2.88. The van der Waals surface area contributed by atoms with Crippen LogP contribution in [0.5, 0.6) is 0 Å². The summed E-state index contributed by atoms with van der Waals surface area (Å²) in [7, 11) is 0. The maximum atomic E-state index is 10.00. The zero-order valence-electron chi connectivity index (χ0n) is 7.05. The molecule has 0 saturated carbocycles. The molecule has 0 aliphatic heterocycles. The number of hydrogen-bond acceptors (Lipinski definition) is 1. The first-order valence-corrected chi connectivity index (χ1v) is 4.87. The van der Waals surface area contributed by atoms with Gasteiger partial charge in [-0.15, -0.1) is 6.42 Å². The van der Waals surface area contributed by atoms with Crippen LogP contribution < -0.4 is 0 Å². The highest BCUT2D eigenvalue weighted by Crippen LogP contribution is 2.44. The molecule has 0 amide bonds. The number of rotatable bonds is 1. The highest BCUT2D eigenvalue weighted by atomic mass is 35.6. The third-order valence-corrected chi connectivity index (χ3v) is 2.63. The maximum absolute atomic E-state index is 10.00. The van der Waals surface area contributed by atoms with Gasteiger partial charge >= 0.3 is 0 Å². The van der Waals surface area contributed by atoms with Gasteiger partial charge in [-0.1, -0.05) is 71.1 Å². The molecule has 0 spiro atoms. The first kappa shape index (κ1) is 11.7. The van der Waals surface area contributed by atoms with Crippen molar-refractivity contribution in [3.05, 3.63) is 35.9 Å². The van der Waals surface area contributed by atoms with Gasteiger partial charge in [0.15, 0.2) is 5.60 Å². The van der Waals surface area contributed by atoms with Crippen molar-refractivity contribution >= 4 is 34.8 Å². The molecule has 0 fully saturated rings. The predicted molar refractivity (Wildman–Crippen MR) is 59.5 cm³/mol. The molecule has 4 heteroatoms. The summed E-state index contributed by atoms with van der Waals surface area (Å²) in [4.78, 5) is 0. The quantitative estimate of drug-likeness (QED) is 0.599. The molecular formula is C10H7Cl3O. The Bertz CT molecular complexity index is 350. The smallest absolute Gasteiger partial charge is 0.234 e. The van der Waals surface area contributed by atoms with Gasteiger partial charge in [-0.05, 0) is 0 Å². The van der Waals surface area contributed by atoms with Gasteiger partial charge < -0.3 is 5.11 Å². The fourth-order valence-electron chi connectivity index (χ4n) is 1.01. The number of benzene rings is 1. The van der Waals surface area contributed by atoms with Gasteiger partial charge in [0, 0.05) is 5.56 Å². The van der Waals surface area contributed by atoms with Gasteiger partial charge in [0.2, 0.25) is 3.79 Å². The molecule has 0 aromatic heterocycles. The van der Waals surface area contributed by atoms with Crippen LogP contribution in [0.3, 0.4) is 0 Å². The number of alkyl halides is 3. The molecule has 0 radical (unpaired) electrons. The second kappa shape index (κ2) is 4.00. The van der Waals surface area contributed by atoms with Crippen LogP contribution in [0.15, 0.2) is 30.3 Å². The van der Waals surface area contributed by atoms with E-state index in [0.717, 1.165) is 0 Å². The maximum Gasteiger partial charge on any atom is 0.234 e. The number of hydrogen-bond donors (Lipinski definition) is 1. The molecule has 0 aliphatic rings. The lowest BCUT2D eigenvalue weighted by Gasteiger charge is -2.29. The van der Waals surface area contributed by atoms with E-state index >= 15 is 0 Å². The lowest BCUT2D eigenvalue weighted by molar-refractivity contribution is 0.105. The lowest BCUT2D eigenvalue weighted by atomic mass is 9.96. The van der Waals surface area contributed by atoms with E-state index in [1.54, 1.807) is 30.3 Å². The van der Waals surface area contributed by atoms with E-state index < -0.39 is 9.39 Å². The molecule has 1 N–H and O–H groups in total. The SMILES string of the molecule is C#CC(O)(c1ccccc1)C(Cl)(Cl)Cl. The molecule has 1 aromatic rings. The molecule has 1 unspecified atom stereocenters. The van der Waals surface area contributed by atoms with Crippen molar-refractivity contribution in [2.45, 2.75) is 9.39 Å². The molecule has 14 heavy (non-hydrogen) atoms. The second-order valence-corrected chi connectivity index (χ2v) is 5.00. The van der Waals surface area contributed by atoms with E-state index in [9.17, 15) is 5.11 Å². The summed E-state index contributed by atoms with van der Waals surface area (Å²) in [5.41, 5.74) is -1.53. The minimum atomic E-state index is -1.96. The molecule has 0 saturated heterocycles. The van der Waals surface area contributed by atoms with Gasteiger partial charge in [-0.2, -0.15) is 0 Å². The third-order valence-electron chi connectivity index (χ3n) is 1.81. The zero-order chi connectivity index (χ0) is 10.8. The molecule has 1 atom stereocenters. The average molecular weight is 250 g/mol. The molecule has 0 heterocycles. The number of halogens is 3. The van der Waals surface area contributed by atoms with Crippen LogP contribution in [0.1, 0.15) is 5.56 Å². The van der Waals surface area contributed by atoms with Crippen LogP contribution in [0, 0.1) is 12.3 Å². The van der Waals surface area contributed by atoms with Gasteiger partial charge in [0.05, 0.1) is 0 Å². The van der Waals surface area contributed by atoms with E-state index in [2.05, 4.69) is 5.92 Å². The van der Waals surface area contributed by atoms with Crippen LogP contribution >= 0.6 is 34.8 Å². The summed E-state index contributed by atoms with van der Waals surface area (Å²) < 4.78 is -1.96. The van der Waals surface area contributed by atoms with Crippen LogP contribution in [0.2, 0.25) is 0 Å². The highest BCUT2D eigenvalue weighted by Gasteiger charge is 2.47. The van der Waals surface area contributed by atoms with Crippen molar-refractivity contribution in [2.24, 2.45) is 0 Å². The van der Waals surface area contributed by atoms with Gasteiger partial charge in [-0.25, -0.2) is 0 Å². The summed E-state index contributed by atoms with van der Waals surface area (Å²) in [5.74, 6) is 2.09. The Balaban J connectivity index is 3.25. The highest BCUT2D eigenvalue weighted by molar-refractivity contribution is 6.68. The second-order valence-electron chi connectivity index (χ2n) is 2.72. The van der Waals surface area contributed by atoms with Crippen LogP contribution in [0.25, 0.3) is 0 Å². The van der Waals surface area contributed by atoms with E-state index in [1.807, 2.05) is 0 Å². The van der Waals surface area contributed by atoms with Crippen molar-refractivity contribution in [1.82, 2.24) is 0 Å². The molecule has 74 valence electrons. The summed E-state index contributed by atoms with van der Waals surface area (Å²) >= 11 is 16.8. The monoisotopic (exact) mass is 248 g/mol. The topological polar surface area (TPSA) is 20.2 Å². The molecule has 1 nitrogen and oxygen atoms in total. The summed E-state index contributed by atoms with van der Waals surface area (Å²) in [6.07, 6.45) is 5.17. The normalized spacial score (nSPS) is 15.6. The molecular weight excluding hydrogens is 242 g/mol. The van der Waals surface area contributed by atoms with Crippen molar-refractivity contribution in [3.63, 3.8) is 0 Å². The van der Waals surface area contributed by atoms with E-state index in [-0.39, 0.29) is 0 Å². The van der Waals surface area contributed by atoms with Crippen LogP contribution in [-0.4, -0.2) is 8.90 Å². The largest absolute Gasteiger partial charge is 0.370 e. The first-order chi connectivity index (χ1) is 6.42. The van der Waals surface area contributed by atoms with Crippen LogP contribution in [-0.2, 0) is 5.60 Å². The average Bonchev–Trinajstić information content (AvgIpc) is 2.16. The Morgan fingerprint density at radius 3 is 2.00 bits per heavy atom. The Kier molecular flexibility index (Phi) is 3.34. The first-order valence-electron chi connectivity index (χ1n) is 3.74. The molecule has 1 aromatic carbocycles. The Morgan fingerprint density at radius 2 is 1.64 bits per heavy atom. The number of terminal acetylenes is 1. The Hall–Kier alpha value is -0.390. The van der Waals surface area contributed by atoms with E-state index in [4.69, 9.17) is 41.2 Å². The van der Waals surface area contributed by atoms with Crippen molar-refractivity contribution in [2.75, 3.05) is 0 Å². The minimum Gasteiger partial charge on any atom is -0.370 e. The fraction of sp³-hybridized carbons (Fsp3) is 0.200. The third kappa shape index (κ3) is 1.99. The van der Waals surface area contributed by atoms with Gasteiger partial charge in [0.25, 0.3) is 0 Å².